The number of halogens is 1. The van der Waals surface area contributed by atoms with Crippen LogP contribution in [0.15, 0.2) is 0 Å². The van der Waals surface area contributed by atoms with Crippen molar-refractivity contribution in [1.29, 1.82) is 0 Å². The minimum Gasteiger partial charge on any atom is -0.365 e. The second kappa shape index (κ2) is 2.34. The Bertz CT molecular complexity index is 140. The highest BCUT2D eigenvalue weighted by molar-refractivity contribution is 6.20. The van der Waals surface area contributed by atoms with Gasteiger partial charge in [-0.3, -0.25) is 5.32 Å². The maximum absolute atomic E-state index is 9.30. The summed E-state index contributed by atoms with van der Waals surface area (Å²) < 4.78 is 0. The van der Waals surface area contributed by atoms with Gasteiger partial charge in [-0.05, 0) is 12.8 Å². The Morgan fingerprint density at radius 2 is 2.30 bits per heavy atom. The van der Waals surface area contributed by atoms with Crippen LogP contribution >= 0.6 is 11.6 Å². The summed E-state index contributed by atoms with van der Waals surface area (Å²) in [4.78, 5) is 1.88. The molecule has 2 N–H and O–H groups in total. The first-order valence-electron chi connectivity index (χ1n) is 3.61. The molecule has 2 fully saturated rings. The number of aliphatic hydroxyl groups excluding tert-OH is 1. The van der Waals surface area contributed by atoms with Gasteiger partial charge in [-0.1, -0.05) is 0 Å². The number of hydrogen-bond acceptors (Lipinski definition) is 3. The number of fused-ring (bicyclic) bond motifs is 2. The summed E-state index contributed by atoms with van der Waals surface area (Å²) in [7, 11) is 0. The molecule has 58 valence electrons. The lowest BCUT2D eigenvalue weighted by Gasteiger charge is -2.27. The first kappa shape index (κ1) is 6.85. The van der Waals surface area contributed by atoms with Gasteiger partial charge in [0.05, 0.1) is 5.50 Å². The largest absolute Gasteiger partial charge is 0.365 e. The highest BCUT2D eigenvalue weighted by Gasteiger charge is 2.37. The lowest BCUT2D eigenvalue weighted by Crippen LogP contribution is -2.39. The molecule has 0 aromatic rings. The lowest BCUT2D eigenvalue weighted by atomic mass is 10.1. The number of nitrogens with zero attached hydrogens (tertiary/aromatic N) is 1. The Balaban J connectivity index is 2.10. The van der Waals surface area contributed by atoms with E-state index in [9.17, 15) is 5.11 Å². The standard InChI is InChI=1S/C6H11ClN2O/c7-5-2-1-4-3-9(5)6(10)8-4/h4-6,8,10H,1-3H2/t4-,5-,6?/m0/s1. The molecule has 0 aliphatic carbocycles. The van der Waals surface area contributed by atoms with Crippen LogP contribution in [0.3, 0.4) is 0 Å². The van der Waals surface area contributed by atoms with Gasteiger partial charge in [0.1, 0.15) is 0 Å². The van der Waals surface area contributed by atoms with E-state index in [1.807, 2.05) is 4.90 Å². The molecule has 2 saturated heterocycles. The molecular formula is C6H11ClN2O. The lowest BCUT2D eigenvalue weighted by molar-refractivity contribution is 0.0137. The molecule has 2 rings (SSSR count). The molecule has 2 heterocycles. The van der Waals surface area contributed by atoms with E-state index in [0.717, 1.165) is 19.4 Å². The van der Waals surface area contributed by atoms with Crippen LogP contribution in [-0.4, -0.2) is 34.4 Å². The first-order valence-corrected chi connectivity index (χ1v) is 4.05. The van der Waals surface area contributed by atoms with Crippen LogP contribution < -0.4 is 5.32 Å². The summed E-state index contributed by atoms with van der Waals surface area (Å²) in [6.07, 6.45) is 1.56. The number of piperidine rings is 1. The summed E-state index contributed by atoms with van der Waals surface area (Å²) in [5.74, 6) is 0. The maximum Gasteiger partial charge on any atom is 0.164 e. The molecule has 2 unspecified atom stereocenters. The van der Waals surface area contributed by atoms with Crippen molar-refractivity contribution in [2.45, 2.75) is 30.7 Å². The Morgan fingerprint density at radius 3 is 3.00 bits per heavy atom. The highest BCUT2D eigenvalue weighted by Crippen LogP contribution is 2.26. The van der Waals surface area contributed by atoms with Gasteiger partial charge in [0, 0.05) is 12.6 Å². The van der Waals surface area contributed by atoms with E-state index < -0.39 is 6.35 Å². The van der Waals surface area contributed by atoms with E-state index in [2.05, 4.69) is 5.32 Å². The molecular weight excluding hydrogens is 152 g/mol. The van der Waals surface area contributed by atoms with Crippen LogP contribution in [0.4, 0.5) is 0 Å². The molecule has 10 heavy (non-hydrogen) atoms. The number of hydrogen-bond donors (Lipinski definition) is 2. The van der Waals surface area contributed by atoms with E-state index in [0.29, 0.717) is 6.04 Å². The van der Waals surface area contributed by atoms with Crippen molar-refractivity contribution in [2.75, 3.05) is 6.54 Å². The Labute approximate surface area is 65.0 Å². The Hall–Kier alpha value is 0.170. The highest BCUT2D eigenvalue weighted by atomic mass is 35.5. The van der Waals surface area contributed by atoms with Crippen LogP contribution in [0.5, 0.6) is 0 Å². The number of rotatable bonds is 0. The maximum atomic E-state index is 9.30. The SMILES string of the molecule is OC1N[C@H]2CC[C@@H](Cl)N1C2. The van der Waals surface area contributed by atoms with Crippen molar-refractivity contribution in [2.24, 2.45) is 0 Å². The fraction of sp³-hybridized carbons (Fsp3) is 1.00. The number of alkyl halides is 1. The molecule has 2 bridgehead atoms. The molecule has 0 saturated carbocycles. The number of nitrogens with one attached hydrogen (secondary N) is 1. The predicted octanol–water partition coefficient (Wildman–Crippen LogP) is -0.105. The summed E-state index contributed by atoms with van der Waals surface area (Å²) in [5, 5.41) is 12.3. The van der Waals surface area contributed by atoms with E-state index >= 15 is 0 Å². The van der Waals surface area contributed by atoms with Crippen molar-refractivity contribution >= 4 is 11.6 Å². The third-order valence-corrected chi connectivity index (χ3v) is 2.71. The predicted molar refractivity (Wildman–Crippen MR) is 38.5 cm³/mol. The van der Waals surface area contributed by atoms with E-state index in [4.69, 9.17) is 11.6 Å². The van der Waals surface area contributed by atoms with E-state index in [-0.39, 0.29) is 5.50 Å². The molecule has 4 heteroatoms. The number of aliphatic hydroxyl groups is 1. The smallest absolute Gasteiger partial charge is 0.164 e. The molecule has 0 aromatic heterocycles. The van der Waals surface area contributed by atoms with Crippen molar-refractivity contribution in [3.63, 3.8) is 0 Å². The zero-order chi connectivity index (χ0) is 7.14. The van der Waals surface area contributed by atoms with E-state index in [1.165, 1.54) is 0 Å². The molecule has 3 nitrogen and oxygen atoms in total. The zero-order valence-corrected chi connectivity index (χ0v) is 6.38. The molecule has 0 spiro atoms. The van der Waals surface area contributed by atoms with Crippen LogP contribution in [0, 0.1) is 0 Å². The fourth-order valence-corrected chi connectivity index (χ4v) is 1.97. The third kappa shape index (κ3) is 0.937. The van der Waals surface area contributed by atoms with Gasteiger partial charge >= 0.3 is 0 Å². The normalized spacial score (nSPS) is 53.4. The van der Waals surface area contributed by atoms with Crippen LogP contribution in [0.1, 0.15) is 12.8 Å². The van der Waals surface area contributed by atoms with E-state index in [1.54, 1.807) is 0 Å². The molecule has 0 radical (unpaired) electrons. The second-order valence-electron chi connectivity index (χ2n) is 2.95. The van der Waals surface area contributed by atoms with Gasteiger partial charge in [0.25, 0.3) is 0 Å². The summed E-state index contributed by atoms with van der Waals surface area (Å²) in [6.45, 7) is 0.898. The van der Waals surface area contributed by atoms with Crippen LogP contribution in [-0.2, 0) is 0 Å². The average molecular weight is 163 g/mol. The molecule has 4 atom stereocenters. The van der Waals surface area contributed by atoms with Gasteiger partial charge in [0.2, 0.25) is 0 Å². The minimum atomic E-state index is -0.505. The fourth-order valence-electron chi connectivity index (χ4n) is 1.66. The van der Waals surface area contributed by atoms with Gasteiger partial charge < -0.3 is 5.11 Å². The van der Waals surface area contributed by atoms with Crippen molar-refractivity contribution in [3.05, 3.63) is 0 Å². The topological polar surface area (TPSA) is 35.5 Å². The Kier molecular flexibility index (Phi) is 1.60. The van der Waals surface area contributed by atoms with Crippen molar-refractivity contribution in [1.82, 2.24) is 10.2 Å². The van der Waals surface area contributed by atoms with Gasteiger partial charge in [0.15, 0.2) is 6.35 Å². The van der Waals surface area contributed by atoms with Gasteiger partial charge in [-0.15, -0.1) is 11.6 Å². The molecule has 2 aliphatic rings. The molecule has 2 aliphatic heterocycles. The van der Waals surface area contributed by atoms with Gasteiger partial charge in [-0.25, -0.2) is 4.90 Å². The second-order valence-corrected chi connectivity index (χ2v) is 3.45. The molecule has 0 amide bonds. The zero-order valence-electron chi connectivity index (χ0n) is 5.63. The first-order chi connectivity index (χ1) is 4.77. The van der Waals surface area contributed by atoms with Crippen LogP contribution in [0.25, 0.3) is 0 Å². The van der Waals surface area contributed by atoms with Gasteiger partial charge in [-0.2, -0.15) is 0 Å². The summed E-state index contributed by atoms with van der Waals surface area (Å²) in [5.41, 5.74) is 0.0289. The summed E-state index contributed by atoms with van der Waals surface area (Å²) in [6, 6.07) is 0.463. The van der Waals surface area contributed by atoms with Crippen molar-refractivity contribution in [3.8, 4) is 0 Å². The van der Waals surface area contributed by atoms with Crippen molar-refractivity contribution < 1.29 is 5.11 Å². The summed E-state index contributed by atoms with van der Waals surface area (Å²) >= 11 is 5.93. The monoisotopic (exact) mass is 162 g/mol. The van der Waals surface area contributed by atoms with Crippen LogP contribution in [0.2, 0.25) is 0 Å². The Morgan fingerprint density at radius 1 is 1.50 bits per heavy atom. The minimum absolute atomic E-state index is 0.0289. The molecule has 0 aromatic carbocycles. The average Bonchev–Trinajstić information content (AvgIpc) is 2.21. The quantitative estimate of drug-likeness (QED) is 0.386. The third-order valence-electron chi connectivity index (χ3n) is 2.24.